The van der Waals surface area contributed by atoms with E-state index in [0.29, 0.717) is 46.9 Å². The van der Waals surface area contributed by atoms with E-state index in [-0.39, 0.29) is 23.5 Å². The summed E-state index contributed by atoms with van der Waals surface area (Å²) in [6.45, 7) is 4.56. The molecule has 6 nitrogen and oxygen atoms in total. The van der Waals surface area contributed by atoms with Gasteiger partial charge in [0.15, 0.2) is 6.10 Å². The highest BCUT2D eigenvalue weighted by Gasteiger charge is 2.42. The van der Waals surface area contributed by atoms with Crippen LogP contribution in [0.15, 0.2) is 78.9 Å². The number of carbonyl (C=O) groups is 3. The molecule has 9 heteroatoms. The second-order valence-corrected chi connectivity index (χ2v) is 13.3. The largest absolute Gasteiger partial charge is 0.478 e. The molecule has 4 aromatic rings. The maximum Gasteiger partial charge on any atom is 0.425 e. The lowest BCUT2D eigenvalue weighted by Crippen LogP contribution is -2.33. The van der Waals surface area contributed by atoms with E-state index in [2.05, 4.69) is 6.92 Å². The summed E-state index contributed by atoms with van der Waals surface area (Å²) in [4.78, 5) is 37.7. The second kappa shape index (κ2) is 19.8. The van der Waals surface area contributed by atoms with Gasteiger partial charge in [-0.1, -0.05) is 127 Å². The van der Waals surface area contributed by atoms with Gasteiger partial charge in [0.05, 0.1) is 23.3 Å². The molecule has 0 saturated heterocycles. The average molecular weight is 719 g/mol. The number of rotatable bonds is 20. The lowest BCUT2D eigenvalue weighted by atomic mass is 9.91. The number of aromatic carboxylic acids is 1. The number of hydrogen-bond donors (Lipinski definition) is 1. The molecule has 0 aliphatic heterocycles. The van der Waals surface area contributed by atoms with Crippen LogP contribution in [0.2, 0.25) is 0 Å². The Balaban J connectivity index is 1.44. The van der Waals surface area contributed by atoms with Crippen LogP contribution in [0, 0.1) is 0 Å². The summed E-state index contributed by atoms with van der Waals surface area (Å²) in [5.74, 6) is -2.60. The number of unbranched alkanes of at least 4 members (excludes halogenated alkanes) is 10. The van der Waals surface area contributed by atoms with Gasteiger partial charge in [0, 0.05) is 5.56 Å². The Kier molecular flexibility index (Phi) is 15.3. The van der Waals surface area contributed by atoms with Gasteiger partial charge in [-0.25, -0.2) is 14.4 Å². The monoisotopic (exact) mass is 718 g/mol. The molecule has 4 aromatic carbocycles. The fourth-order valence-electron chi connectivity index (χ4n) is 6.30. The summed E-state index contributed by atoms with van der Waals surface area (Å²) in [7, 11) is 0. The van der Waals surface area contributed by atoms with E-state index in [9.17, 15) is 32.7 Å². The molecule has 0 aromatic heterocycles. The van der Waals surface area contributed by atoms with Gasteiger partial charge in [0.2, 0.25) is 0 Å². The molecule has 0 spiro atoms. The van der Waals surface area contributed by atoms with Crippen molar-refractivity contribution in [2.75, 3.05) is 6.61 Å². The minimum absolute atomic E-state index is 0.0367. The number of esters is 2. The van der Waals surface area contributed by atoms with Crippen LogP contribution in [0.4, 0.5) is 13.2 Å². The SMILES string of the molecule is CCCCCCCCCCOC(=O)c1ccc(-c2ccc(-c3c(C(=O)O)ccc4cc(C(=O)OC(CCCCCC)C(F)(F)F)ccc34)cc2)cc1. The zero-order chi connectivity index (χ0) is 37.5. The molecule has 0 bridgehead atoms. The average Bonchev–Trinajstić information content (AvgIpc) is 3.14. The molecule has 0 saturated carbocycles. The first-order valence-corrected chi connectivity index (χ1v) is 18.5. The maximum atomic E-state index is 13.7. The van der Waals surface area contributed by atoms with Gasteiger partial charge in [-0.3, -0.25) is 0 Å². The molecule has 0 fully saturated rings. The van der Waals surface area contributed by atoms with Crippen LogP contribution in [0.1, 0.15) is 128 Å². The van der Waals surface area contributed by atoms with Crippen molar-refractivity contribution in [3.8, 4) is 22.3 Å². The number of carbonyl (C=O) groups excluding carboxylic acids is 2. The van der Waals surface area contributed by atoms with Gasteiger partial charge >= 0.3 is 24.1 Å². The summed E-state index contributed by atoms with van der Waals surface area (Å²) >= 11 is 0. The fraction of sp³-hybridized carbons (Fsp3) is 0.419. The summed E-state index contributed by atoms with van der Waals surface area (Å²) in [6.07, 6.45) is 4.71. The minimum Gasteiger partial charge on any atom is -0.478 e. The van der Waals surface area contributed by atoms with E-state index in [0.717, 1.165) is 43.2 Å². The minimum atomic E-state index is -4.69. The molecule has 0 heterocycles. The lowest BCUT2D eigenvalue weighted by Gasteiger charge is -2.21. The van der Waals surface area contributed by atoms with Gasteiger partial charge in [-0.15, -0.1) is 0 Å². The van der Waals surface area contributed by atoms with Gasteiger partial charge in [0.25, 0.3) is 0 Å². The molecule has 0 radical (unpaired) electrons. The van der Waals surface area contributed by atoms with Crippen LogP contribution in [0.5, 0.6) is 0 Å². The van der Waals surface area contributed by atoms with Crippen LogP contribution in [0.25, 0.3) is 33.0 Å². The molecule has 0 aliphatic carbocycles. The lowest BCUT2D eigenvalue weighted by molar-refractivity contribution is -0.206. The Bertz CT molecular complexity index is 1760. The Morgan fingerprint density at radius 1 is 0.635 bits per heavy atom. The molecule has 0 aliphatic rings. The standard InChI is InChI=1S/C43H49F3O6/c1-3-5-7-9-10-11-12-14-28-51-41(49)33-22-18-31(19-23-33)30-16-20-32(21-17-30)39-36-26-25-35(29-34(36)24-27-37(39)40(47)48)42(50)52-38(43(44,45)46)15-13-8-6-4-2/h16-27,29,38H,3-15,28H2,1-2H3,(H,47,48). The number of carboxylic acids is 1. The smallest absolute Gasteiger partial charge is 0.425 e. The molecule has 0 amide bonds. The van der Waals surface area contributed by atoms with Gasteiger partial charge in [0.1, 0.15) is 0 Å². The molecule has 278 valence electrons. The molecule has 52 heavy (non-hydrogen) atoms. The summed E-state index contributed by atoms with van der Waals surface area (Å²) in [6, 6.07) is 21.6. The van der Waals surface area contributed by atoms with E-state index < -0.39 is 24.2 Å². The van der Waals surface area contributed by atoms with Crippen molar-refractivity contribution in [3.63, 3.8) is 0 Å². The van der Waals surface area contributed by atoms with Crippen LogP contribution in [-0.4, -0.2) is 41.9 Å². The summed E-state index contributed by atoms with van der Waals surface area (Å²) in [5.41, 5.74) is 3.16. The Morgan fingerprint density at radius 3 is 1.77 bits per heavy atom. The third-order valence-electron chi connectivity index (χ3n) is 9.28. The van der Waals surface area contributed by atoms with Crippen LogP contribution in [-0.2, 0) is 9.47 Å². The van der Waals surface area contributed by atoms with E-state index in [1.165, 1.54) is 62.4 Å². The van der Waals surface area contributed by atoms with Gasteiger partial charge < -0.3 is 14.6 Å². The topological polar surface area (TPSA) is 89.9 Å². The fourth-order valence-corrected chi connectivity index (χ4v) is 6.30. The van der Waals surface area contributed by atoms with Crippen LogP contribution in [0.3, 0.4) is 0 Å². The van der Waals surface area contributed by atoms with E-state index in [1.54, 1.807) is 24.3 Å². The van der Waals surface area contributed by atoms with Crippen molar-refractivity contribution in [3.05, 3.63) is 95.6 Å². The van der Waals surface area contributed by atoms with Gasteiger partial charge in [-0.05, 0) is 77.1 Å². The third kappa shape index (κ3) is 11.4. The number of benzene rings is 4. The summed E-state index contributed by atoms with van der Waals surface area (Å²) < 4.78 is 51.4. The zero-order valence-corrected chi connectivity index (χ0v) is 30.1. The highest BCUT2D eigenvalue weighted by atomic mass is 19.4. The number of fused-ring (bicyclic) bond motifs is 1. The maximum absolute atomic E-state index is 13.7. The number of hydrogen-bond acceptors (Lipinski definition) is 5. The van der Waals surface area contributed by atoms with Crippen molar-refractivity contribution < 1.29 is 42.1 Å². The van der Waals surface area contributed by atoms with Crippen molar-refractivity contribution in [1.29, 1.82) is 0 Å². The first-order valence-electron chi connectivity index (χ1n) is 18.5. The zero-order valence-electron chi connectivity index (χ0n) is 30.1. The summed E-state index contributed by atoms with van der Waals surface area (Å²) in [5, 5.41) is 11.0. The Labute approximate surface area is 304 Å². The highest BCUT2D eigenvalue weighted by Crippen LogP contribution is 2.35. The first-order chi connectivity index (χ1) is 25.0. The predicted octanol–water partition coefficient (Wildman–Crippen LogP) is 12.2. The van der Waals surface area contributed by atoms with Crippen molar-refractivity contribution >= 4 is 28.7 Å². The van der Waals surface area contributed by atoms with Crippen molar-refractivity contribution in [2.45, 2.75) is 110 Å². The van der Waals surface area contributed by atoms with Crippen LogP contribution < -0.4 is 0 Å². The second-order valence-electron chi connectivity index (χ2n) is 13.3. The molecule has 4 rings (SSSR count). The Hall–Kier alpha value is -4.66. The first kappa shape index (κ1) is 40.1. The number of alkyl halides is 3. The van der Waals surface area contributed by atoms with E-state index in [4.69, 9.17) is 9.47 Å². The van der Waals surface area contributed by atoms with Gasteiger partial charge in [-0.2, -0.15) is 13.2 Å². The number of carboxylic acid groups (broad SMARTS) is 1. The molecular formula is C43H49F3O6. The normalized spacial score (nSPS) is 12.1. The molecule has 1 atom stereocenters. The van der Waals surface area contributed by atoms with E-state index >= 15 is 0 Å². The van der Waals surface area contributed by atoms with Crippen LogP contribution >= 0.6 is 0 Å². The Morgan fingerprint density at radius 2 is 1.17 bits per heavy atom. The van der Waals surface area contributed by atoms with Crippen molar-refractivity contribution in [1.82, 2.24) is 0 Å². The number of halogens is 3. The number of ether oxygens (including phenoxy) is 2. The quantitative estimate of drug-likeness (QED) is 0.0723. The third-order valence-corrected chi connectivity index (χ3v) is 9.28. The van der Waals surface area contributed by atoms with E-state index in [1.807, 2.05) is 31.2 Å². The molecular weight excluding hydrogens is 669 g/mol. The molecule has 1 N–H and O–H groups in total. The molecule has 1 unspecified atom stereocenters. The highest BCUT2D eigenvalue weighted by molar-refractivity contribution is 6.09. The van der Waals surface area contributed by atoms with Crippen molar-refractivity contribution in [2.24, 2.45) is 0 Å². The predicted molar refractivity (Wildman–Crippen MR) is 199 cm³/mol.